The van der Waals surface area contributed by atoms with Gasteiger partial charge in [-0.2, -0.15) is 0 Å². The molecule has 1 amide bonds. The van der Waals surface area contributed by atoms with Gasteiger partial charge in [0.1, 0.15) is 22.6 Å². The van der Waals surface area contributed by atoms with Crippen LogP contribution in [0.1, 0.15) is 18.3 Å². The quantitative estimate of drug-likeness (QED) is 0.794. The van der Waals surface area contributed by atoms with E-state index in [1.807, 2.05) is 18.7 Å². The van der Waals surface area contributed by atoms with Crippen LogP contribution in [0.3, 0.4) is 0 Å². The molecule has 2 aromatic rings. The van der Waals surface area contributed by atoms with E-state index in [0.29, 0.717) is 18.2 Å². The molecular weight excluding hydrogens is 369 g/mol. The lowest BCUT2D eigenvalue weighted by atomic mass is 10.2. The summed E-state index contributed by atoms with van der Waals surface area (Å²) in [7, 11) is 0. The first kappa shape index (κ1) is 19.5. The summed E-state index contributed by atoms with van der Waals surface area (Å²) in [4.78, 5) is 25.3. The van der Waals surface area contributed by atoms with E-state index in [9.17, 15) is 9.18 Å². The summed E-state index contributed by atoms with van der Waals surface area (Å²) in [5, 5.41) is 3.11. The molecule has 6 nitrogen and oxygen atoms in total. The van der Waals surface area contributed by atoms with E-state index in [-0.39, 0.29) is 18.1 Å². The predicted octanol–water partition coefficient (Wildman–Crippen LogP) is 2.90. The molecule has 144 valence electrons. The first-order valence-electron chi connectivity index (χ1n) is 9.02. The minimum Gasteiger partial charge on any atom is -0.354 e. The van der Waals surface area contributed by atoms with Crippen LogP contribution in [0.2, 0.25) is 5.15 Å². The summed E-state index contributed by atoms with van der Waals surface area (Å²) in [6.45, 7) is 7.06. The Kier molecular flexibility index (Phi) is 6.23. The van der Waals surface area contributed by atoms with E-state index >= 15 is 0 Å². The number of carbonyl (C=O) groups excluding carboxylic acids is 1. The maximum atomic E-state index is 13.6. The van der Waals surface area contributed by atoms with E-state index in [4.69, 9.17) is 11.6 Å². The van der Waals surface area contributed by atoms with Gasteiger partial charge in [-0.15, -0.1) is 0 Å². The minimum atomic E-state index is -0.432. The Labute approximate surface area is 163 Å². The van der Waals surface area contributed by atoms with Crippen LogP contribution in [-0.2, 0) is 11.2 Å². The van der Waals surface area contributed by atoms with E-state index in [0.717, 1.165) is 36.7 Å². The summed E-state index contributed by atoms with van der Waals surface area (Å²) in [5.41, 5.74) is 1.08. The van der Waals surface area contributed by atoms with E-state index < -0.39 is 5.82 Å². The fourth-order valence-corrected chi connectivity index (χ4v) is 3.24. The number of nitrogens with zero attached hydrogens (tertiary/aromatic N) is 4. The summed E-state index contributed by atoms with van der Waals surface area (Å²) < 4.78 is 13.6. The van der Waals surface area contributed by atoms with Crippen molar-refractivity contribution >= 4 is 29.0 Å². The van der Waals surface area contributed by atoms with E-state index in [1.165, 1.54) is 6.07 Å². The van der Waals surface area contributed by atoms with Gasteiger partial charge in [-0.1, -0.05) is 30.7 Å². The number of hydrogen-bond acceptors (Lipinski definition) is 5. The minimum absolute atomic E-state index is 0.208. The van der Waals surface area contributed by atoms with Gasteiger partial charge >= 0.3 is 0 Å². The molecule has 0 saturated carbocycles. The van der Waals surface area contributed by atoms with Crippen molar-refractivity contribution in [2.75, 3.05) is 42.9 Å². The Balaban J connectivity index is 1.57. The Hall–Kier alpha value is -2.25. The first-order chi connectivity index (χ1) is 13.0. The number of carbonyl (C=O) groups is 1. The van der Waals surface area contributed by atoms with Crippen molar-refractivity contribution in [2.45, 2.75) is 20.3 Å². The third-order valence-electron chi connectivity index (χ3n) is 4.61. The Morgan fingerprint density at radius 3 is 2.59 bits per heavy atom. The summed E-state index contributed by atoms with van der Waals surface area (Å²) in [6.07, 6.45) is 0.725. The number of hydrogen-bond donors (Lipinski definition) is 1. The second kappa shape index (κ2) is 8.63. The van der Waals surface area contributed by atoms with Crippen LogP contribution in [0.15, 0.2) is 24.3 Å². The van der Waals surface area contributed by atoms with Crippen LogP contribution in [0, 0.1) is 12.7 Å². The highest BCUT2D eigenvalue weighted by Gasteiger charge is 2.22. The van der Waals surface area contributed by atoms with Crippen LogP contribution < -0.4 is 10.2 Å². The Morgan fingerprint density at radius 1 is 1.22 bits per heavy atom. The smallest absolute Gasteiger partial charge is 0.238 e. The molecule has 1 aromatic heterocycles. The highest BCUT2D eigenvalue weighted by molar-refractivity contribution is 6.30. The van der Waals surface area contributed by atoms with Gasteiger partial charge in [0.15, 0.2) is 0 Å². The van der Waals surface area contributed by atoms with Crippen LogP contribution in [0.4, 0.5) is 15.9 Å². The third-order valence-corrected chi connectivity index (χ3v) is 4.98. The fraction of sp³-hybridized carbons (Fsp3) is 0.421. The van der Waals surface area contributed by atoms with Gasteiger partial charge in [-0.05, 0) is 19.1 Å². The zero-order valence-electron chi connectivity index (χ0n) is 15.5. The number of aryl methyl sites for hydroxylation is 1. The number of rotatable bonds is 5. The topological polar surface area (TPSA) is 61.4 Å². The van der Waals surface area contributed by atoms with Gasteiger partial charge in [0.25, 0.3) is 0 Å². The Morgan fingerprint density at radius 2 is 1.93 bits per heavy atom. The molecule has 8 heteroatoms. The summed E-state index contributed by atoms with van der Waals surface area (Å²) >= 11 is 6.23. The zero-order chi connectivity index (χ0) is 19.4. The van der Waals surface area contributed by atoms with Gasteiger partial charge in [-0.25, -0.2) is 14.4 Å². The average Bonchev–Trinajstić information content (AvgIpc) is 2.66. The average molecular weight is 392 g/mol. The van der Waals surface area contributed by atoms with Crippen LogP contribution in [0.5, 0.6) is 0 Å². The molecule has 1 aliphatic heterocycles. The summed E-state index contributed by atoms with van der Waals surface area (Å²) in [6, 6.07) is 6.17. The van der Waals surface area contributed by atoms with Gasteiger partial charge in [-0.3, -0.25) is 9.69 Å². The maximum absolute atomic E-state index is 13.6. The fourth-order valence-electron chi connectivity index (χ4n) is 3.06. The number of halogens is 2. The van der Waals surface area contributed by atoms with Crippen molar-refractivity contribution in [3.05, 3.63) is 46.6 Å². The molecule has 1 fully saturated rings. The van der Waals surface area contributed by atoms with Crippen LogP contribution in [-0.4, -0.2) is 53.5 Å². The molecule has 3 rings (SSSR count). The number of amides is 1. The van der Waals surface area contributed by atoms with E-state index in [2.05, 4.69) is 20.2 Å². The molecule has 0 radical (unpaired) electrons. The second-order valence-corrected chi connectivity index (χ2v) is 6.88. The van der Waals surface area contributed by atoms with Gasteiger partial charge in [0, 0.05) is 38.2 Å². The van der Waals surface area contributed by atoms with Crippen molar-refractivity contribution in [3.8, 4) is 0 Å². The molecule has 0 atom stereocenters. The van der Waals surface area contributed by atoms with Gasteiger partial charge in [0.05, 0.1) is 12.2 Å². The second-order valence-electron chi connectivity index (χ2n) is 6.52. The number of nitrogens with one attached hydrogen (secondary N) is 1. The third kappa shape index (κ3) is 4.73. The summed E-state index contributed by atoms with van der Waals surface area (Å²) in [5.74, 6) is 0.941. The number of para-hydroxylation sites is 1. The number of piperazine rings is 1. The normalized spacial score (nSPS) is 15.0. The van der Waals surface area contributed by atoms with E-state index in [1.54, 1.807) is 18.2 Å². The molecule has 0 unspecified atom stereocenters. The molecule has 27 heavy (non-hydrogen) atoms. The van der Waals surface area contributed by atoms with Crippen molar-refractivity contribution < 1.29 is 9.18 Å². The Bertz CT molecular complexity index is 824. The molecule has 0 bridgehead atoms. The van der Waals surface area contributed by atoms with Crippen molar-refractivity contribution in [3.63, 3.8) is 0 Å². The molecule has 1 aliphatic rings. The molecule has 1 N–H and O–H groups in total. The SMILES string of the molecule is CCc1nc(Cl)c(C)c(N2CCN(CC(=O)Nc3ccccc3F)CC2)n1. The molecule has 1 saturated heterocycles. The van der Waals surface area contributed by atoms with Gasteiger partial charge < -0.3 is 10.2 Å². The largest absolute Gasteiger partial charge is 0.354 e. The van der Waals surface area contributed by atoms with Crippen molar-refractivity contribution in [2.24, 2.45) is 0 Å². The standard InChI is InChI=1S/C19H23ClFN5O/c1-3-16-23-18(20)13(2)19(24-16)26-10-8-25(9-11-26)12-17(27)22-15-7-5-4-6-14(15)21/h4-7H,3,8-12H2,1-2H3,(H,22,27). The molecule has 0 spiro atoms. The molecule has 2 heterocycles. The predicted molar refractivity (Wildman–Crippen MR) is 105 cm³/mol. The van der Waals surface area contributed by atoms with Crippen LogP contribution >= 0.6 is 11.6 Å². The molecule has 1 aromatic carbocycles. The van der Waals surface area contributed by atoms with Crippen molar-refractivity contribution in [1.82, 2.24) is 14.9 Å². The molecule has 0 aliphatic carbocycles. The first-order valence-corrected chi connectivity index (χ1v) is 9.40. The lowest BCUT2D eigenvalue weighted by molar-refractivity contribution is -0.117. The number of benzene rings is 1. The van der Waals surface area contributed by atoms with Crippen LogP contribution in [0.25, 0.3) is 0 Å². The maximum Gasteiger partial charge on any atom is 0.238 e. The number of aromatic nitrogens is 2. The van der Waals surface area contributed by atoms with Gasteiger partial charge in [0.2, 0.25) is 5.91 Å². The highest BCUT2D eigenvalue weighted by atomic mass is 35.5. The number of anilines is 2. The monoisotopic (exact) mass is 391 g/mol. The lowest BCUT2D eigenvalue weighted by Crippen LogP contribution is -2.49. The van der Waals surface area contributed by atoms with Crippen molar-refractivity contribution in [1.29, 1.82) is 0 Å². The highest BCUT2D eigenvalue weighted by Crippen LogP contribution is 2.24. The zero-order valence-corrected chi connectivity index (χ0v) is 16.3. The molecular formula is C19H23ClFN5O. The lowest BCUT2D eigenvalue weighted by Gasteiger charge is -2.35.